The first kappa shape index (κ1) is 27.5. The maximum absolute atomic E-state index is 5.07. The first-order chi connectivity index (χ1) is 19.0. The van der Waals surface area contributed by atoms with Crippen LogP contribution >= 0.6 is 0 Å². The molecule has 1 unspecified atom stereocenters. The van der Waals surface area contributed by atoms with E-state index in [-0.39, 0.29) is 10.8 Å². The lowest BCUT2D eigenvalue weighted by Crippen LogP contribution is -2.26. The fourth-order valence-corrected chi connectivity index (χ4v) is 4.99. The SMILES string of the molecule is C=CC1(c2nc(-c3ccc(C(C)(C)C)cc3)nc(-c3ccc(C(C)(C)C)cc3)n2)C=CC(c2ccccc2)=CC1. The molecule has 3 heteroatoms. The summed E-state index contributed by atoms with van der Waals surface area (Å²) in [6.45, 7) is 17.6. The van der Waals surface area contributed by atoms with Crippen LogP contribution in [0.1, 0.15) is 70.5 Å². The van der Waals surface area contributed by atoms with Crippen LogP contribution in [0.25, 0.3) is 28.3 Å². The normalized spacial score (nSPS) is 17.4. The van der Waals surface area contributed by atoms with Crippen molar-refractivity contribution in [3.63, 3.8) is 0 Å². The van der Waals surface area contributed by atoms with Gasteiger partial charge in [-0.15, -0.1) is 6.58 Å². The molecule has 5 rings (SSSR count). The Morgan fingerprint density at radius 3 is 1.55 bits per heavy atom. The molecule has 1 aliphatic rings. The van der Waals surface area contributed by atoms with Crippen LogP contribution in [0.15, 0.2) is 110 Å². The van der Waals surface area contributed by atoms with Crippen LogP contribution in [0.4, 0.5) is 0 Å². The maximum atomic E-state index is 5.07. The molecule has 0 amide bonds. The highest BCUT2D eigenvalue weighted by Gasteiger charge is 2.32. The maximum Gasteiger partial charge on any atom is 0.163 e. The lowest BCUT2D eigenvalue weighted by atomic mass is 9.78. The number of aromatic nitrogens is 3. The van der Waals surface area contributed by atoms with Crippen LogP contribution < -0.4 is 0 Å². The van der Waals surface area contributed by atoms with Crippen molar-refractivity contribution in [2.45, 2.75) is 64.2 Å². The van der Waals surface area contributed by atoms with Crippen LogP contribution in [0, 0.1) is 0 Å². The molecule has 1 aliphatic carbocycles. The first-order valence-electron chi connectivity index (χ1n) is 14.1. The summed E-state index contributed by atoms with van der Waals surface area (Å²) in [4.78, 5) is 15.1. The second-order valence-corrected chi connectivity index (χ2v) is 12.8. The number of hydrogen-bond donors (Lipinski definition) is 0. The van der Waals surface area contributed by atoms with E-state index in [1.165, 1.54) is 22.3 Å². The minimum absolute atomic E-state index is 0.0747. The third-order valence-corrected chi connectivity index (χ3v) is 7.76. The van der Waals surface area contributed by atoms with Gasteiger partial charge in [-0.05, 0) is 39.5 Å². The van der Waals surface area contributed by atoms with Gasteiger partial charge in [0.05, 0.1) is 5.41 Å². The largest absolute Gasteiger partial charge is 0.212 e. The highest BCUT2D eigenvalue weighted by molar-refractivity contribution is 5.76. The molecule has 3 nitrogen and oxygen atoms in total. The van der Waals surface area contributed by atoms with Crippen molar-refractivity contribution in [2.24, 2.45) is 0 Å². The minimum atomic E-state index is -0.526. The zero-order valence-corrected chi connectivity index (χ0v) is 24.6. The summed E-state index contributed by atoms with van der Waals surface area (Å²) in [5, 5.41) is 0. The van der Waals surface area contributed by atoms with Crippen molar-refractivity contribution in [1.29, 1.82) is 0 Å². The Bertz CT molecular complexity index is 1490. The molecular formula is C37H39N3. The first-order valence-corrected chi connectivity index (χ1v) is 14.1. The average Bonchev–Trinajstić information content (AvgIpc) is 2.96. The predicted octanol–water partition coefficient (Wildman–Crippen LogP) is 9.27. The standard InChI is InChI=1S/C37H39N3/c1-8-37(24-22-27(23-25-37)26-12-10-9-11-13-26)34-39-32(28-14-18-30(19-15-28)35(2,3)4)38-33(40-34)29-16-20-31(21-17-29)36(5,6)7/h8-24H,1,25H2,2-7H3. The Kier molecular flexibility index (Phi) is 7.18. The fraction of sp³-hybridized carbons (Fsp3) is 0.270. The second-order valence-electron chi connectivity index (χ2n) is 12.8. The Morgan fingerprint density at radius 2 is 1.15 bits per heavy atom. The van der Waals surface area contributed by atoms with Crippen LogP contribution in [-0.2, 0) is 16.2 Å². The summed E-state index contributed by atoms with van der Waals surface area (Å²) in [5.74, 6) is 2.06. The van der Waals surface area contributed by atoms with E-state index in [0.29, 0.717) is 17.5 Å². The number of hydrogen-bond acceptors (Lipinski definition) is 3. The Labute approximate surface area is 239 Å². The van der Waals surface area contributed by atoms with Gasteiger partial charge in [-0.2, -0.15) is 0 Å². The summed E-state index contributed by atoms with van der Waals surface area (Å²) in [6.07, 6.45) is 9.31. The molecule has 0 saturated heterocycles. The molecule has 0 aliphatic heterocycles. The van der Waals surface area contributed by atoms with Gasteiger partial charge in [0.1, 0.15) is 5.82 Å². The minimum Gasteiger partial charge on any atom is -0.212 e. The van der Waals surface area contributed by atoms with E-state index in [4.69, 9.17) is 15.0 Å². The van der Waals surface area contributed by atoms with Gasteiger partial charge in [-0.25, -0.2) is 15.0 Å². The molecule has 0 fully saturated rings. The molecule has 1 aromatic heterocycles. The Morgan fingerprint density at radius 1 is 0.650 bits per heavy atom. The van der Waals surface area contributed by atoms with Gasteiger partial charge in [0, 0.05) is 11.1 Å². The summed E-state index contributed by atoms with van der Waals surface area (Å²) in [6, 6.07) is 27.6. The Hall–Kier alpha value is -4.11. The molecule has 0 radical (unpaired) electrons. The molecule has 1 heterocycles. The highest BCUT2D eigenvalue weighted by Crippen LogP contribution is 2.37. The number of rotatable bonds is 5. The molecule has 4 aromatic rings. The number of nitrogens with zero attached hydrogens (tertiary/aromatic N) is 3. The highest BCUT2D eigenvalue weighted by atomic mass is 15.0. The zero-order chi connectivity index (χ0) is 28.5. The van der Waals surface area contributed by atoms with Crippen molar-refractivity contribution < 1.29 is 0 Å². The van der Waals surface area contributed by atoms with Gasteiger partial charge in [0.15, 0.2) is 11.6 Å². The molecule has 3 aromatic carbocycles. The quantitative estimate of drug-likeness (QED) is 0.244. The van der Waals surface area contributed by atoms with Crippen molar-refractivity contribution in [1.82, 2.24) is 15.0 Å². The summed E-state index contributed by atoms with van der Waals surface area (Å²) < 4.78 is 0. The van der Waals surface area contributed by atoms with Crippen LogP contribution in [-0.4, -0.2) is 15.0 Å². The third-order valence-electron chi connectivity index (χ3n) is 7.76. The van der Waals surface area contributed by atoms with Gasteiger partial charge in [0.2, 0.25) is 0 Å². The second kappa shape index (κ2) is 10.5. The fourth-order valence-electron chi connectivity index (χ4n) is 4.99. The van der Waals surface area contributed by atoms with E-state index in [9.17, 15) is 0 Å². The van der Waals surface area contributed by atoms with Crippen molar-refractivity contribution in [3.05, 3.63) is 132 Å². The van der Waals surface area contributed by atoms with Gasteiger partial charge in [0.25, 0.3) is 0 Å². The van der Waals surface area contributed by atoms with Gasteiger partial charge >= 0.3 is 0 Å². The van der Waals surface area contributed by atoms with Crippen molar-refractivity contribution in [3.8, 4) is 22.8 Å². The lowest BCUT2D eigenvalue weighted by molar-refractivity contribution is 0.590. The third kappa shape index (κ3) is 5.60. The molecule has 1 atom stereocenters. The van der Waals surface area contributed by atoms with E-state index in [0.717, 1.165) is 17.5 Å². The molecular weight excluding hydrogens is 486 g/mol. The molecule has 0 spiro atoms. The molecule has 0 N–H and O–H groups in total. The molecule has 0 bridgehead atoms. The van der Waals surface area contributed by atoms with E-state index in [1.54, 1.807) is 0 Å². The van der Waals surface area contributed by atoms with Crippen LogP contribution in [0.5, 0.6) is 0 Å². The summed E-state index contributed by atoms with van der Waals surface area (Å²) in [7, 11) is 0. The van der Waals surface area contributed by atoms with Gasteiger partial charge in [-0.1, -0.05) is 145 Å². The average molecular weight is 526 g/mol. The molecule has 40 heavy (non-hydrogen) atoms. The van der Waals surface area contributed by atoms with Crippen molar-refractivity contribution >= 4 is 5.57 Å². The summed E-state index contributed by atoms with van der Waals surface area (Å²) in [5.41, 5.74) is 6.53. The lowest BCUT2D eigenvalue weighted by Gasteiger charge is -2.28. The van der Waals surface area contributed by atoms with Gasteiger partial charge < -0.3 is 0 Å². The number of allylic oxidation sites excluding steroid dienone is 5. The van der Waals surface area contributed by atoms with Crippen LogP contribution in [0.2, 0.25) is 0 Å². The monoisotopic (exact) mass is 525 g/mol. The summed E-state index contributed by atoms with van der Waals surface area (Å²) >= 11 is 0. The predicted molar refractivity (Wildman–Crippen MR) is 168 cm³/mol. The molecule has 0 saturated carbocycles. The topological polar surface area (TPSA) is 38.7 Å². The Balaban J connectivity index is 1.61. The van der Waals surface area contributed by atoms with E-state index >= 15 is 0 Å². The van der Waals surface area contributed by atoms with E-state index in [2.05, 4.69) is 139 Å². The number of benzene rings is 3. The van der Waals surface area contributed by atoms with Gasteiger partial charge in [-0.3, -0.25) is 0 Å². The molecule has 202 valence electrons. The van der Waals surface area contributed by atoms with Crippen molar-refractivity contribution in [2.75, 3.05) is 0 Å². The van der Waals surface area contributed by atoms with E-state index < -0.39 is 5.41 Å². The van der Waals surface area contributed by atoms with Crippen LogP contribution in [0.3, 0.4) is 0 Å². The zero-order valence-electron chi connectivity index (χ0n) is 24.6. The smallest absolute Gasteiger partial charge is 0.163 e. The van der Waals surface area contributed by atoms with E-state index in [1.807, 2.05) is 12.1 Å².